The van der Waals surface area contributed by atoms with E-state index >= 15 is 0 Å². The summed E-state index contributed by atoms with van der Waals surface area (Å²) in [4.78, 5) is 2.31. The van der Waals surface area contributed by atoms with Gasteiger partial charge in [-0.15, -0.1) is 0 Å². The molecule has 0 aliphatic rings. The van der Waals surface area contributed by atoms with Gasteiger partial charge in [0, 0.05) is 19.3 Å². The number of unbranched alkanes of at least 4 members (excludes halogenated alkanes) is 1. The van der Waals surface area contributed by atoms with Gasteiger partial charge in [0.15, 0.2) is 0 Å². The van der Waals surface area contributed by atoms with E-state index in [0.29, 0.717) is 0 Å². The minimum absolute atomic E-state index is 0.382. The zero-order valence-corrected chi connectivity index (χ0v) is 14.2. The second-order valence-corrected chi connectivity index (χ2v) is 6.14. The Morgan fingerprint density at radius 2 is 2.00 bits per heavy atom. The molecule has 116 valence electrons. The van der Waals surface area contributed by atoms with E-state index in [1.165, 1.54) is 16.8 Å². The first-order chi connectivity index (χ1) is 9.91. The fraction of sp³-hybridized carbons (Fsp3) is 0.611. The first-order valence-electron chi connectivity index (χ1n) is 7.86. The zero-order valence-electron chi connectivity index (χ0n) is 14.2. The standard InChI is InChI=1S/C18H29N3/c1-6-20-18(4,14-19)11-7-8-12-21(5)17-10-9-15(2)13-16(17)3/h9-10,13,20H,6-8,11-12H2,1-5H3. The van der Waals surface area contributed by atoms with Gasteiger partial charge in [-0.25, -0.2) is 0 Å². The zero-order chi connectivity index (χ0) is 15.9. The van der Waals surface area contributed by atoms with Gasteiger partial charge in [0.05, 0.1) is 6.07 Å². The van der Waals surface area contributed by atoms with Gasteiger partial charge in [0.2, 0.25) is 0 Å². The molecule has 1 rings (SSSR count). The van der Waals surface area contributed by atoms with E-state index in [-0.39, 0.29) is 5.54 Å². The number of nitrogens with one attached hydrogen (secondary N) is 1. The van der Waals surface area contributed by atoms with E-state index in [1.54, 1.807) is 0 Å². The van der Waals surface area contributed by atoms with Crippen LogP contribution in [0.25, 0.3) is 0 Å². The normalized spacial score (nSPS) is 13.5. The number of rotatable bonds is 8. The average Bonchev–Trinajstić information content (AvgIpc) is 2.43. The van der Waals surface area contributed by atoms with Crippen LogP contribution in [0.2, 0.25) is 0 Å². The van der Waals surface area contributed by atoms with Crippen LogP contribution >= 0.6 is 0 Å². The highest BCUT2D eigenvalue weighted by molar-refractivity contribution is 5.53. The summed E-state index contributed by atoms with van der Waals surface area (Å²) < 4.78 is 0. The molecule has 1 N–H and O–H groups in total. The number of hydrogen-bond acceptors (Lipinski definition) is 3. The Bertz CT molecular complexity index is 490. The SMILES string of the molecule is CCNC(C)(C#N)CCCCN(C)c1ccc(C)cc1C. The van der Waals surface area contributed by atoms with Crippen LogP contribution in [0.1, 0.15) is 44.2 Å². The van der Waals surface area contributed by atoms with Crippen molar-refractivity contribution >= 4 is 5.69 Å². The van der Waals surface area contributed by atoms with E-state index < -0.39 is 0 Å². The predicted molar refractivity (Wildman–Crippen MR) is 90.7 cm³/mol. The van der Waals surface area contributed by atoms with Crippen molar-refractivity contribution in [3.8, 4) is 6.07 Å². The molecule has 21 heavy (non-hydrogen) atoms. The minimum Gasteiger partial charge on any atom is -0.374 e. The maximum atomic E-state index is 9.24. The Morgan fingerprint density at radius 1 is 1.29 bits per heavy atom. The van der Waals surface area contributed by atoms with Gasteiger partial charge in [-0.1, -0.05) is 24.6 Å². The van der Waals surface area contributed by atoms with E-state index in [0.717, 1.165) is 32.4 Å². The van der Waals surface area contributed by atoms with E-state index in [2.05, 4.69) is 55.4 Å². The maximum Gasteiger partial charge on any atom is 0.103 e. The molecule has 0 heterocycles. The van der Waals surface area contributed by atoms with Gasteiger partial charge >= 0.3 is 0 Å². The lowest BCUT2D eigenvalue weighted by atomic mass is 9.96. The predicted octanol–water partition coefficient (Wildman–Crippen LogP) is 3.80. The van der Waals surface area contributed by atoms with E-state index in [4.69, 9.17) is 0 Å². The minimum atomic E-state index is -0.382. The average molecular weight is 287 g/mol. The molecule has 3 nitrogen and oxygen atoms in total. The molecule has 0 aliphatic carbocycles. The van der Waals surface area contributed by atoms with Gasteiger partial charge < -0.3 is 4.90 Å². The Hall–Kier alpha value is -1.53. The van der Waals surface area contributed by atoms with Gasteiger partial charge in [-0.3, -0.25) is 5.32 Å². The summed E-state index contributed by atoms with van der Waals surface area (Å²) >= 11 is 0. The maximum absolute atomic E-state index is 9.24. The number of anilines is 1. The Balaban J connectivity index is 2.44. The molecule has 0 aliphatic heterocycles. The summed E-state index contributed by atoms with van der Waals surface area (Å²) in [6, 6.07) is 8.98. The lowest BCUT2D eigenvalue weighted by Crippen LogP contribution is -2.40. The number of benzene rings is 1. The van der Waals surface area contributed by atoms with Crippen LogP contribution in [0.3, 0.4) is 0 Å². The van der Waals surface area contributed by atoms with Crippen LogP contribution in [-0.4, -0.2) is 25.7 Å². The number of hydrogen-bond donors (Lipinski definition) is 1. The largest absolute Gasteiger partial charge is 0.374 e. The van der Waals surface area contributed by atoms with Crippen LogP contribution < -0.4 is 10.2 Å². The molecule has 1 aromatic rings. The first kappa shape index (κ1) is 17.5. The molecule has 0 radical (unpaired) electrons. The van der Waals surface area contributed by atoms with Crippen molar-refractivity contribution in [1.29, 1.82) is 5.26 Å². The summed E-state index contributed by atoms with van der Waals surface area (Å²) in [5.41, 5.74) is 3.55. The summed E-state index contributed by atoms with van der Waals surface area (Å²) in [6.07, 6.45) is 3.07. The molecule has 3 heteroatoms. The van der Waals surface area contributed by atoms with Crippen molar-refractivity contribution in [2.24, 2.45) is 0 Å². The van der Waals surface area contributed by atoms with Gasteiger partial charge in [-0.05, 0) is 58.2 Å². The number of aryl methyl sites for hydroxylation is 2. The van der Waals surface area contributed by atoms with Crippen LogP contribution in [0, 0.1) is 25.2 Å². The molecule has 1 unspecified atom stereocenters. The van der Waals surface area contributed by atoms with E-state index in [9.17, 15) is 5.26 Å². The van der Waals surface area contributed by atoms with Crippen LogP contribution in [0.5, 0.6) is 0 Å². The molecule has 0 saturated heterocycles. The van der Waals surface area contributed by atoms with Crippen molar-refractivity contribution in [3.05, 3.63) is 29.3 Å². The lowest BCUT2D eigenvalue weighted by Gasteiger charge is -2.24. The summed E-state index contributed by atoms with van der Waals surface area (Å²) in [5, 5.41) is 12.5. The quantitative estimate of drug-likeness (QED) is 0.739. The Morgan fingerprint density at radius 3 is 2.57 bits per heavy atom. The highest BCUT2D eigenvalue weighted by Gasteiger charge is 2.21. The van der Waals surface area contributed by atoms with Crippen molar-refractivity contribution in [2.45, 2.75) is 52.5 Å². The molecule has 0 bridgehead atoms. The monoisotopic (exact) mass is 287 g/mol. The number of nitriles is 1. The molecule has 0 spiro atoms. The summed E-state index contributed by atoms with van der Waals surface area (Å²) in [6.45, 7) is 10.2. The van der Waals surface area contributed by atoms with E-state index in [1.807, 2.05) is 13.8 Å². The summed E-state index contributed by atoms with van der Waals surface area (Å²) in [7, 11) is 2.14. The molecule has 1 atom stereocenters. The third kappa shape index (κ3) is 5.40. The van der Waals surface area contributed by atoms with Gasteiger partial charge in [-0.2, -0.15) is 5.26 Å². The third-order valence-electron chi connectivity index (χ3n) is 4.00. The molecular weight excluding hydrogens is 258 g/mol. The van der Waals surface area contributed by atoms with Crippen molar-refractivity contribution in [1.82, 2.24) is 5.32 Å². The molecular formula is C18H29N3. The highest BCUT2D eigenvalue weighted by atomic mass is 15.1. The molecule has 0 fully saturated rings. The van der Waals surface area contributed by atoms with Crippen molar-refractivity contribution < 1.29 is 0 Å². The topological polar surface area (TPSA) is 39.1 Å². The second kappa shape index (κ2) is 8.05. The fourth-order valence-corrected chi connectivity index (χ4v) is 2.76. The summed E-state index contributed by atoms with van der Waals surface area (Å²) in [5.74, 6) is 0. The van der Waals surface area contributed by atoms with Gasteiger partial charge in [0.1, 0.15) is 5.54 Å². The Labute approximate surface area is 130 Å². The first-order valence-corrected chi connectivity index (χ1v) is 7.86. The van der Waals surface area contributed by atoms with Crippen LogP contribution in [-0.2, 0) is 0 Å². The molecule has 1 aromatic carbocycles. The third-order valence-corrected chi connectivity index (χ3v) is 4.00. The van der Waals surface area contributed by atoms with Crippen LogP contribution in [0.15, 0.2) is 18.2 Å². The second-order valence-electron chi connectivity index (χ2n) is 6.14. The smallest absolute Gasteiger partial charge is 0.103 e. The Kier molecular flexibility index (Phi) is 6.71. The molecule has 0 saturated carbocycles. The van der Waals surface area contributed by atoms with Crippen molar-refractivity contribution in [3.63, 3.8) is 0 Å². The molecule has 0 amide bonds. The molecule has 0 aromatic heterocycles. The number of nitrogens with zero attached hydrogens (tertiary/aromatic N) is 2. The van der Waals surface area contributed by atoms with Crippen molar-refractivity contribution in [2.75, 3.05) is 25.0 Å². The highest BCUT2D eigenvalue weighted by Crippen LogP contribution is 2.21. The van der Waals surface area contributed by atoms with Crippen LogP contribution in [0.4, 0.5) is 5.69 Å². The fourth-order valence-electron chi connectivity index (χ4n) is 2.76. The van der Waals surface area contributed by atoms with Gasteiger partial charge in [0.25, 0.3) is 0 Å². The lowest BCUT2D eigenvalue weighted by molar-refractivity contribution is 0.412.